The lowest BCUT2D eigenvalue weighted by Gasteiger charge is -2.11. The van der Waals surface area contributed by atoms with Crippen LogP contribution in [0.15, 0.2) is 22.8 Å². The van der Waals surface area contributed by atoms with Crippen molar-refractivity contribution in [1.82, 2.24) is 15.5 Å². The van der Waals surface area contributed by atoms with Gasteiger partial charge in [0.05, 0.1) is 6.26 Å². The average molecular weight is 280 g/mol. The zero-order chi connectivity index (χ0) is 13.8. The van der Waals surface area contributed by atoms with Crippen LogP contribution >= 0.6 is 11.3 Å². The number of furan rings is 1. The number of anilines is 1. The Morgan fingerprint density at radius 3 is 2.79 bits per heavy atom. The van der Waals surface area contributed by atoms with Crippen LogP contribution in [0.4, 0.5) is 5.13 Å². The van der Waals surface area contributed by atoms with Crippen molar-refractivity contribution < 1.29 is 14.0 Å². The summed E-state index contributed by atoms with van der Waals surface area (Å²) in [5, 5.41) is 13.8. The molecule has 0 aromatic carbocycles. The summed E-state index contributed by atoms with van der Waals surface area (Å²) in [6.07, 6.45) is 1.39. The van der Waals surface area contributed by atoms with Gasteiger partial charge < -0.3 is 9.73 Å². The molecule has 1 unspecified atom stereocenters. The molecule has 0 fully saturated rings. The Morgan fingerprint density at radius 2 is 2.21 bits per heavy atom. The molecule has 100 valence electrons. The van der Waals surface area contributed by atoms with E-state index in [1.807, 2.05) is 0 Å². The maximum atomic E-state index is 11.8. The number of hydrogen-bond acceptors (Lipinski definition) is 6. The summed E-state index contributed by atoms with van der Waals surface area (Å²) >= 11 is 1.26. The Morgan fingerprint density at radius 1 is 1.42 bits per heavy atom. The fourth-order valence-corrected chi connectivity index (χ4v) is 1.90. The number of amides is 2. The highest BCUT2D eigenvalue weighted by Crippen LogP contribution is 2.13. The molecule has 1 atom stereocenters. The van der Waals surface area contributed by atoms with Gasteiger partial charge in [-0.2, -0.15) is 0 Å². The van der Waals surface area contributed by atoms with E-state index in [1.165, 1.54) is 23.7 Å². The van der Waals surface area contributed by atoms with Gasteiger partial charge in [0.25, 0.3) is 5.91 Å². The van der Waals surface area contributed by atoms with Crippen LogP contribution in [0.2, 0.25) is 0 Å². The normalized spacial score (nSPS) is 11.9. The third-order valence-corrected chi connectivity index (χ3v) is 3.00. The number of carbonyl (C=O) groups is 2. The smallest absolute Gasteiger partial charge is 0.287 e. The zero-order valence-corrected chi connectivity index (χ0v) is 11.2. The van der Waals surface area contributed by atoms with Crippen molar-refractivity contribution in [3.63, 3.8) is 0 Å². The second-order valence-corrected chi connectivity index (χ2v) is 4.97. The molecule has 19 heavy (non-hydrogen) atoms. The summed E-state index contributed by atoms with van der Waals surface area (Å²) in [7, 11) is 0. The van der Waals surface area contributed by atoms with E-state index in [1.54, 1.807) is 19.9 Å². The summed E-state index contributed by atoms with van der Waals surface area (Å²) < 4.78 is 4.93. The van der Waals surface area contributed by atoms with E-state index >= 15 is 0 Å². The van der Waals surface area contributed by atoms with Gasteiger partial charge in [-0.3, -0.25) is 14.9 Å². The van der Waals surface area contributed by atoms with E-state index in [0.29, 0.717) is 5.13 Å². The average Bonchev–Trinajstić information content (AvgIpc) is 3.00. The molecular formula is C11H12N4O3S. The molecule has 2 aromatic heterocycles. The molecule has 0 radical (unpaired) electrons. The van der Waals surface area contributed by atoms with Crippen LogP contribution in [-0.2, 0) is 4.79 Å². The van der Waals surface area contributed by atoms with Crippen molar-refractivity contribution in [3.05, 3.63) is 29.2 Å². The Hall–Kier alpha value is -2.22. The van der Waals surface area contributed by atoms with Crippen molar-refractivity contribution in [1.29, 1.82) is 0 Å². The van der Waals surface area contributed by atoms with Gasteiger partial charge in [0.1, 0.15) is 11.0 Å². The third-order valence-electron chi connectivity index (χ3n) is 2.24. The molecule has 2 N–H and O–H groups in total. The van der Waals surface area contributed by atoms with Gasteiger partial charge in [0, 0.05) is 0 Å². The highest BCUT2D eigenvalue weighted by molar-refractivity contribution is 7.15. The monoisotopic (exact) mass is 280 g/mol. The maximum absolute atomic E-state index is 11.8. The van der Waals surface area contributed by atoms with Crippen LogP contribution < -0.4 is 10.6 Å². The first-order valence-corrected chi connectivity index (χ1v) is 6.33. The Labute approximate surface area is 113 Å². The number of rotatable bonds is 4. The van der Waals surface area contributed by atoms with Gasteiger partial charge in [-0.05, 0) is 26.0 Å². The van der Waals surface area contributed by atoms with Crippen LogP contribution in [0.1, 0.15) is 22.5 Å². The molecule has 0 aliphatic carbocycles. The third kappa shape index (κ3) is 3.38. The first-order chi connectivity index (χ1) is 9.06. The number of nitrogens with one attached hydrogen (secondary N) is 2. The number of hydrogen-bond donors (Lipinski definition) is 2. The van der Waals surface area contributed by atoms with Gasteiger partial charge in [-0.25, -0.2) is 0 Å². The van der Waals surface area contributed by atoms with E-state index in [0.717, 1.165) is 5.01 Å². The second-order valence-electron chi connectivity index (χ2n) is 3.79. The summed E-state index contributed by atoms with van der Waals surface area (Å²) in [4.78, 5) is 23.5. The number of carbonyl (C=O) groups excluding carboxylic acids is 2. The summed E-state index contributed by atoms with van der Waals surface area (Å²) in [6.45, 7) is 3.36. The van der Waals surface area contributed by atoms with Crippen LogP contribution in [0.3, 0.4) is 0 Å². The first-order valence-electron chi connectivity index (χ1n) is 5.51. The minimum Gasteiger partial charge on any atom is -0.459 e. The SMILES string of the molecule is Cc1nnc(NC(=O)C(C)NC(=O)c2ccco2)s1. The quantitative estimate of drug-likeness (QED) is 0.877. The lowest BCUT2D eigenvalue weighted by atomic mass is 10.3. The predicted molar refractivity (Wildman–Crippen MR) is 68.9 cm³/mol. The zero-order valence-electron chi connectivity index (χ0n) is 10.3. The molecule has 7 nitrogen and oxygen atoms in total. The van der Waals surface area contributed by atoms with Crippen molar-refractivity contribution in [2.45, 2.75) is 19.9 Å². The number of nitrogens with zero attached hydrogens (tertiary/aromatic N) is 2. The maximum Gasteiger partial charge on any atom is 0.287 e. The van der Waals surface area contributed by atoms with Crippen molar-refractivity contribution in [3.8, 4) is 0 Å². The van der Waals surface area contributed by atoms with Crippen molar-refractivity contribution in [2.24, 2.45) is 0 Å². The Bertz CT molecular complexity index is 579. The van der Waals surface area contributed by atoms with Gasteiger partial charge in [0.15, 0.2) is 5.76 Å². The molecule has 2 aromatic rings. The first kappa shape index (κ1) is 13.2. The minimum atomic E-state index is -0.707. The highest BCUT2D eigenvalue weighted by atomic mass is 32.1. The lowest BCUT2D eigenvalue weighted by Crippen LogP contribution is -2.41. The predicted octanol–water partition coefficient (Wildman–Crippen LogP) is 1.20. The van der Waals surface area contributed by atoms with Gasteiger partial charge in [-0.15, -0.1) is 10.2 Å². The topological polar surface area (TPSA) is 97.1 Å². The van der Waals surface area contributed by atoms with E-state index in [-0.39, 0.29) is 11.7 Å². The van der Waals surface area contributed by atoms with Gasteiger partial charge in [-0.1, -0.05) is 11.3 Å². The van der Waals surface area contributed by atoms with Crippen LogP contribution in [-0.4, -0.2) is 28.1 Å². The van der Waals surface area contributed by atoms with Crippen LogP contribution in [0.5, 0.6) is 0 Å². The Balaban J connectivity index is 1.91. The highest BCUT2D eigenvalue weighted by Gasteiger charge is 2.19. The molecule has 0 spiro atoms. The van der Waals surface area contributed by atoms with Crippen molar-refractivity contribution >= 4 is 28.3 Å². The van der Waals surface area contributed by atoms with E-state index < -0.39 is 11.9 Å². The van der Waals surface area contributed by atoms with Crippen LogP contribution in [0, 0.1) is 6.92 Å². The molecule has 8 heteroatoms. The molecular weight excluding hydrogens is 268 g/mol. The molecule has 0 saturated heterocycles. The van der Waals surface area contributed by atoms with Gasteiger partial charge in [0.2, 0.25) is 11.0 Å². The van der Waals surface area contributed by atoms with E-state index in [2.05, 4.69) is 20.8 Å². The summed E-state index contributed by atoms with van der Waals surface area (Å²) in [5.74, 6) is -0.649. The van der Waals surface area contributed by atoms with Crippen molar-refractivity contribution in [2.75, 3.05) is 5.32 Å². The lowest BCUT2D eigenvalue weighted by molar-refractivity contribution is -0.117. The Kier molecular flexibility index (Phi) is 3.91. The molecule has 0 aliphatic heterocycles. The number of aryl methyl sites for hydroxylation is 1. The molecule has 0 bridgehead atoms. The fraction of sp³-hybridized carbons (Fsp3) is 0.273. The summed E-state index contributed by atoms with van der Waals surface area (Å²) in [5.41, 5.74) is 0. The van der Waals surface area contributed by atoms with E-state index in [4.69, 9.17) is 4.42 Å². The molecule has 2 amide bonds. The molecule has 2 rings (SSSR count). The summed E-state index contributed by atoms with van der Waals surface area (Å²) in [6, 6.07) is 2.42. The molecule has 0 saturated carbocycles. The largest absolute Gasteiger partial charge is 0.459 e. The van der Waals surface area contributed by atoms with Crippen LogP contribution in [0.25, 0.3) is 0 Å². The minimum absolute atomic E-state index is 0.159. The number of aromatic nitrogens is 2. The molecule has 2 heterocycles. The fourth-order valence-electron chi connectivity index (χ4n) is 1.30. The van der Waals surface area contributed by atoms with Gasteiger partial charge >= 0.3 is 0 Å². The van der Waals surface area contributed by atoms with E-state index in [9.17, 15) is 9.59 Å². The standard InChI is InChI=1S/C11H12N4O3S/c1-6(12-10(17)8-4-3-5-18-8)9(16)13-11-15-14-7(2)19-11/h3-6H,1-2H3,(H,12,17)(H,13,15,16). The molecule has 0 aliphatic rings. The second kappa shape index (κ2) is 5.61.